The fraction of sp³-hybridized carbons (Fsp3) is 0.833. The van der Waals surface area contributed by atoms with Crippen LogP contribution < -0.4 is 10.8 Å². The van der Waals surface area contributed by atoms with E-state index in [0.29, 0.717) is 0 Å². The van der Waals surface area contributed by atoms with Crippen LogP contribution in [0.25, 0.3) is 0 Å². The van der Waals surface area contributed by atoms with Crippen molar-refractivity contribution in [2.75, 3.05) is 26.8 Å². The maximum atomic E-state index is 10.7. The molecule has 1 aliphatic rings. The molecule has 1 rings (SSSR count). The van der Waals surface area contributed by atoms with E-state index in [1.807, 2.05) is 0 Å². The van der Waals surface area contributed by atoms with Crippen LogP contribution in [0.15, 0.2) is 0 Å². The van der Waals surface area contributed by atoms with E-state index in [4.69, 9.17) is 4.74 Å². The van der Waals surface area contributed by atoms with Gasteiger partial charge in [0.25, 0.3) is 5.91 Å². The van der Waals surface area contributed by atoms with Gasteiger partial charge in [0.05, 0.1) is 13.2 Å². The summed E-state index contributed by atoms with van der Waals surface area (Å²) in [5, 5.41) is 3.03. The number of hydrogen-bond acceptors (Lipinski definition) is 4. The number of ether oxygens (including phenoxy) is 1. The molecule has 1 amide bonds. The largest absolute Gasteiger partial charge is 0.366 e. The Morgan fingerprint density at radius 1 is 1.67 bits per heavy atom. The maximum Gasteiger partial charge on any atom is 0.269 e. The monoisotopic (exact) mass is 196 g/mol. The van der Waals surface area contributed by atoms with Gasteiger partial charge < -0.3 is 10.1 Å². The Bertz CT molecular complexity index is 141. The molecule has 5 nitrogen and oxygen atoms in total. The summed E-state index contributed by atoms with van der Waals surface area (Å²) in [4.78, 5) is 15.1. The van der Waals surface area contributed by atoms with Gasteiger partial charge in [-0.1, -0.05) is 0 Å². The quantitative estimate of drug-likeness (QED) is 0.571. The van der Waals surface area contributed by atoms with Gasteiger partial charge in [0.1, 0.15) is 6.61 Å². The average molecular weight is 197 g/mol. The summed E-state index contributed by atoms with van der Waals surface area (Å²) in [5.74, 6) is -0.251. The van der Waals surface area contributed by atoms with Gasteiger partial charge in [0.15, 0.2) is 0 Å². The molecule has 72 valence electrons. The molecule has 1 saturated heterocycles. The molecule has 2 N–H and O–H groups in total. The highest BCUT2D eigenvalue weighted by Crippen LogP contribution is 1.96. The highest BCUT2D eigenvalue weighted by Gasteiger charge is 2.17. The van der Waals surface area contributed by atoms with Crippen LogP contribution in [-0.4, -0.2) is 38.8 Å². The maximum absolute atomic E-state index is 10.7. The van der Waals surface area contributed by atoms with E-state index in [1.165, 1.54) is 7.11 Å². The summed E-state index contributed by atoms with van der Waals surface area (Å²) in [6.07, 6.45) is 0.192. The number of amides is 1. The molecule has 0 aromatic rings. The Balaban J connectivity index is 0.00000121. The van der Waals surface area contributed by atoms with Gasteiger partial charge >= 0.3 is 0 Å². The minimum Gasteiger partial charge on any atom is -0.366 e. The molecule has 0 aliphatic carbocycles. The van der Waals surface area contributed by atoms with Crippen molar-refractivity contribution in [3.8, 4) is 0 Å². The van der Waals surface area contributed by atoms with Crippen LogP contribution in [0.3, 0.4) is 0 Å². The SMILES string of the molecule is CONC(=O)COC1CNC1.Cl. The zero-order valence-electron chi connectivity index (χ0n) is 6.83. The number of hydroxylamine groups is 1. The molecule has 1 fully saturated rings. The molecule has 1 heterocycles. The van der Waals surface area contributed by atoms with E-state index in [9.17, 15) is 4.79 Å². The molecule has 0 aromatic carbocycles. The number of hydrogen-bond donors (Lipinski definition) is 2. The summed E-state index contributed by atoms with van der Waals surface area (Å²) < 4.78 is 5.14. The highest BCUT2D eigenvalue weighted by atomic mass is 35.5. The Hall–Kier alpha value is -0.360. The van der Waals surface area contributed by atoms with Crippen LogP contribution in [0.5, 0.6) is 0 Å². The average Bonchev–Trinajstić information content (AvgIpc) is 1.85. The molecule has 0 aromatic heterocycles. The summed E-state index contributed by atoms with van der Waals surface area (Å²) in [6.45, 7) is 1.74. The van der Waals surface area contributed by atoms with Crippen molar-refractivity contribution in [1.82, 2.24) is 10.8 Å². The van der Waals surface area contributed by atoms with Crippen LogP contribution in [0.1, 0.15) is 0 Å². The minimum atomic E-state index is -0.251. The van der Waals surface area contributed by atoms with Crippen LogP contribution in [-0.2, 0) is 14.4 Å². The van der Waals surface area contributed by atoms with Crippen molar-refractivity contribution in [1.29, 1.82) is 0 Å². The van der Waals surface area contributed by atoms with E-state index < -0.39 is 0 Å². The summed E-state index contributed by atoms with van der Waals surface area (Å²) >= 11 is 0. The Labute approximate surface area is 77.2 Å². The number of nitrogens with one attached hydrogen (secondary N) is 2. The molecular weight excluding hydrogens is 184 g/mol. The van der Waals surface area contributed by atoms with E-state index >= 15 is 0 Å². The van der Waals surface area contributed by atoms with Crippen LogP contribution >= 0.6 is 12.4 Å². The topological polar surface area (TPSA) is 59.6 Å². The second-order valence-corrected chi connectivity index (χ2v) is 2.32. The van der Waals surface area contributed by atoms with E-state index in [0.717, 1.165) is 13.1 Å². The van der Waals surface area contributed by atoms with Crippen molar-refractivity contribution in [2.45, 2.75) is 6.10 Å². The summed E-state index contributed by atoms with van der Waals surface area (Å²) in [6, 6.07) is 0. The van der Waals surface area contributed by atoms with E-state index in [1.54, 1.807) is 0 Å². The number of carbonyl (C=O) groups is 1. The molecule has 0 saturated carbocycles. The first kappa shape index (κ1) is 11.6. The number of halogens is 1. The number of rotatable bonds is 4. The van der Waals surface area contributed by atoms with Gasteiger partial charge in [0.2, 0.25) is 0 Å². The Kier molecular flexibility index (Phi) is 6.00. The van der Waals surface area contributed by atoms with E-state index in [-0.39, 0.29) is 31.0 Å². The molecule has 0 atom stereocenters. The van der Waals surface area contributed by atoms with Crippen molar-refractivity contribution in [3.05, 3.63) is 0 Å². The first-order chi connectivity index (χ1) is 5.33. The first-order valence-electron chi connectivity index (χ1n) is 3.47. The predicted octanol–water partition coefficient (Wildman–Crippen LogP) is -0.926. The molecule has 12 heavy (non-hydrogen) atoms. The fourth-order valence-corrected chi connectivity index (χ4v) is 0.717. The molecule has 0 spiro atoms. The van der Waals surface area contributed by atoms with Gasteiger partial charge in [-0.3, -0.25) is 9.63 Å². The molecule has 0 unspecified atom stereocenters. The summed E-state index contributed by atoms with van der Waals surface area (Å²) in [7, 11) is 1.39. The van der Waals surface area contributed by atoms with Gasteiger partial charge in [-0.2, -0.15) is 0 Å². The van der Waals surface area contributed by atoms with Crippen molar-refractivity contribution in [2.24, 2.45) is 0 Å². The minimum absolute atomic E-state index is 0. The van der Waals surface area contributed by atoms with Crippen molar-refractivity contribution < 1.29 is 14.4 Å². The molecule has 0 radical (unpaired) electrons. The zero-order valence-corrected chi connectivity index (χ0v) is 7.65. The third kappa shape index (κ3) is 3.87. The lowest BCUT2D eigenvalue weighted by atomic mass is 10.2. The zero-order chi connectivity index (χ0) is 8.10. The molecule has 6 heteroatoms. The lowest BCUT2D eigenvalue weighted by Gasteiger charge is -2.26. The smallest absolute Gasteiger partial charge is 0.269 e. The van der Waals surface area contributed by atoms with Crippen LogP contribution in [0.4, 0.5) is 0 Å². The van der Waals surface area contributed by atoms with Gasteiger partial charge in [-0.25, -0.2) is 5.48 Å². The van der Waals surface area contributed by atoms with Gasteiger partial charge in [-0.15, -0.1) is 12.4 Å². The lowest BCUT2D eigenvalue weighted by molar-refractivity contribution is -0.139. The Morgan fingerprint density at radius 3 is 2.75 bits per heavy atom. The van der Waals surface area contributed by atoms with Crippen molar-refractivity contribution in [3.63, 3.8) is 0 Å². The van der Waals surface area contributed by atoms with E-state index in [2.05, 4.69) is 15.6 Å². The lowest BCUT2D eigenvalue weighted by Crippen LogP contribution is -2.49. The van der Waals surface area contributed by atoms with Crippen LogP contribution in [0.2, 0.25) is 0 Å². The molecule has 0 bridgehead atoms. The molecular formula is C6H13ClN2O3. The van der Waals surface area contributed by atoms with Gasteiger partial charge in [-0.05, 0) is 0 Å². The third-order valence-electron chi connectivity index (χ3n) is 1.41. The van der Waals surface area contributed by atoms with Crippen LogP contribution in [0, 0.1) is 0 Å². The second kappa shape index (κ2) is 6.19. The second-order valence-electron chi connectivity index (χ2n) is 2.32. The summed E-state index contributed by atoms with van der Waals surface area (Å²) in [5.41, 5.74) is 2.16. The first-order valence-corrected chi connectivity index (χ1v) is 3.47. The fourth-order valence-electron chi connectivity index (χ4n) is 0.717. The highest BCUT2D eigenvalue weighted by molar-refractivity contribution is 5.85. The third-order valence-corrected chi connectivity index (χ3v) is 1.41. The van der Waals surface area contributed by atoms with Crippen molar-refractivity contribution >= 4 is 18.3 Å². The molecule has 1 aliphatic heterocycles. The standard InChI is InChI=1S/C6H12N2O3.ClH/c1-10-8-6(9)4-11-5-2-7-3-5;/h5,7H,2-4H2,1H3,(H,8,9);1H. The normalized spacial score (nSPS) is 16.1. The predicted molar refractivity (Wildman–Crippen MR) is 45.0 cm³/mol. The number of carbonyl (C=O) groups excluding carboxylic acids is 1. The van der Waals surface area contributed by atoms with Gasteiger partial charge in [0, 0.05) is 13.1 Å². The Morgan fingerprint density at radius 2 is 2.33 bits per heavy atom.